The number of hydrogen-bond donors (Lipinski definition) is 2. The second-order valence-electron chi connectivity index (χ2n) is 12.8. The topological polar surface area (TPSA) is 191 Å². The lowest BCUT2D eigenvalue weighted by Crippen LogP contribution is -2.33. The van der Waals surface area contributed by atoms with Crippen LogP contribution in [0.15, 0.2) is 29.5 Å². The molecule has 0 aliphatic heterocycles. The normalized spacial score (nSPS) is 12.0. The smallest absolute Gasteiger partial charge is 0.407 e. The SMILES string of the molecule is CCOC(=O)c1cc(C)nn1CCCCCc1cnn(CC)c1C(=O)N=c1sc2cc(C(N)=O)cnc2n1CCCCNC(=O)OC(C)(C)C. The van der Waals surface area contributed by atoms with Crippen LogP contribution in [0.1, 0.15) is 109 Å². The molecule has 15 nitrogen and oxygen atoms in total. The van der Waals surface area contributed by atoms with Gasteiger partial charge < -0.3 is 25.1 Å². The quantitative estimate of drug-likeness (QED) is 0.124. The van der Waals surface area contributed by atoms with Gasteiger partial charge in [-0.3, -0.25) is 19.0 Å². The van der Waals surface area contributed by atoms with Crippen molar-refractivity contribution in [2.75, 3.05) is 13.2 Å². The van der Waals surface area contributed by atoms with Crippen LogP contribution < -0.4 is 15.9 Å². The van der Waals surface area contributed by atoms with Gasteiger partial charge in [0.2, 0.25) is 5.91 Å². The first-order chi connectivity index (χ1) is 23.8. The van der Waals surface area contributed by atoms with Crippen LogP contribution in [-0.2, 0) is 35.5 Å². The molecule has 0 spiro atoms. The number of alkyl carbamates (subject to hydrolysis) is 1. The summed E-state index contributed by atoms with van der Waals surface area (Å²) in [5.74, 6) is -1.41. The van der Waals surface area contributed by atoms with Gasteiger partial charge in [0.25, 0.3) is 5.91 Å². The van der Waals surface area contributed by atoms with Gasteiger partial charge in [-0.15, -0.1) is 0 Å². The lowest BCUT2D eigenvalue weighted by atomic mass is 10.1. The van der Waals surface area contributed by atoms with Crippen LogP contribution in [0.3, 0.4) is 0 Å². The van der Waals surface area contributed by atoms with Crippen LogP contribution in [0, 0.1) is 6.92 Å². The molecule has 0 aliphatic carbocycles. The molecule has 0 radical (unpaired) electrons. The predicted molar refractivity (Wildman–Crippen MR) is 188 cm³/mol. The number of ether oxygens (including phenoxy) is 2. The number of amides is 3. The zero-order chi connectivity index (χ0) is 36.4. The minimum Gasteiger partial charge on any atom is -0.461 e. The van der Waals surface area contributed by atoms with E-state index in [0.717, 1.165) is 30.5 Å². The summed E-state index contributed by atoms with van der Waals surface area (Å²) in [4.78, 5) is 59.5. The van der Waals surface area contributed by atoms with Gasteiger partial charge in [-0.25, -0.2) is 14.6 Å². The standard InChI is InChI=1S/C34H47N9O6S/c1-7-42-27(23(21-38-42)14-10-9-12-17-43-25(18-22(3)40-43)31(46)48-8-2)30(45)39-32-41(16-13-11-15-36-33(47)49-34(4,5)6)29-26(50-32)19-24(20-37-29)28(35)44/h18-21H,7-17H2,1-6H3,(H2,35,44)(H,36,47). The van der Waals surface area contributed by atoms with Crippen molar-refractivity contribution in [2.24, 2.45) is 10.7 Å². The summed E-state index contributed by atoms with van der Waals surface area (Å²) in [7, 11) is 0. The largest absolute Gasteiger partial charge is 0.461 e. The summed E-state index contributed by atoms with van der Waals surface area (Å²) >= 11 is 1.25. The molecule has 0 saturated carbocycles. The van der Waals surface area contributed by atoms with Crippen LogP contribution >= 0.6 is 11.3 Å². The van der Waals surface area contributed by atoms with Gasteiger partial charge in [-0.05, 0) is 85.8 Å². The number of carbonyl (C=O) groups excluding carboxylic acids is 4. The second-order valence-corrected chi connectivity index (χ2v) is 13.8. The molecule has 0 unspecified atom stereocenters. The number of rotatable bonds is 16. The number of hydrogen-bond acceptors (Lipinski definition) is 10. The van der Waals surface area contributed by atoms with Crippen LogP contribution in [0.5, 0.6) is 0 Å². The first kappa shape index (κ1) is 38.0. The van der Waals surface area contributed by atoms with Gasteiger partial charge in [0.15, 0.2) is 10.4 Å². The molecule has 4 rings (SSSR count). The number of pyridine rings is 1. The van der Waals surface area contributed by atoms with Gasteiger partial charge in [-0.2, -0.15) is 15.2 Å². The van der Waals surface area contributed by atoms with Crippen molar-refractivity contribution in [1.29, 1.82) is 0 Å². The summed E-state index contributed by atoms with van der Waals surface area (Å²) in [6.45, 7) is 13.2. The number of nitrogens with zero attached hydrogens (tertiary/aromatic N) is 7. The minimum absolute atomic E-state index is 0.261. The lowest BCUT2D eigenvalue weighted by Gasteiger charge is -2.19. The summed E-state index contributed by atoms with van der Waals surface area (Å²) in [6, 6.07) is 3.39. The molecule has 4 aromatic rings. The van der Waals surface area contributed by atoms with Crippen LogP contribution in [0.2, 0.25) is 0 Å². The fourth-order valence-electron chi connectivity index (χ4n) is 5.35. The maximum absolute atomic E-state index is 13.8. The van der Waals surface area contributed by atoms with E-state index in [4.69, 9.17) is 15.2 Å². The van der Waals surface area contributed by atoms with E-state index in [1.54, 1.807) is 55.4 Å². The van der Waals surface area contributed by atoms with Crippen molar-refractivity contribution < 1.29 is 28.7 Å². The molecular weight excluding hydrogens is 662 g/mol. The number of fused-ring (bicyclic) bond motifs is 1. The Labute approximate surface area is 294 Å². The number of thiazole rings is 1. The second kappa shape index (κ2) is 17.2. The summed E-state index contributed by atoms with van der Waals surface area (Å²) in [6.07, 6.45) is 7.01. The third kappa shape index (κ3) is 10.1. The van der Waals surface area contributed by atoms with Crippen molar-refractivity contribution in [3.63, 3.8) is 0 Å². The van der Waals surface area contributed by atoms with Crippen molar-refractivity contribution in [3.05, 3.63) is 57.5 Å². The van der Waals surface area contributed by atoms with Crippen LogP contribution in [0.4, 0.5) is 4.79 Å². The average Bonchev–Trinajstić information content (AvgIpc) is 3.74. The van der Waals surface area contributed by atoms with E-state index < -0.39 is 23.5 Å². The fourth-order valence-corrected chi connectivity index (χ4v) is 6.40. The molecule has 0 aromatic carbocycles. The van der Waals surface area contributed by atoms with E-state index in [0.29, 0.717) is 78.6 Å². The molecule has 4 aromatic heterocycles. The number of nitrogens with two attached hydrogens (primary N) is 1. The lowest BCUT2D eigenvalue weighted by molar-refractivity contribution is 0.0506. The minimum atomic E-state index is -0.599. The Bertz CT molecular complexity index is 1900. The molecule has 0 aliphatic rings. The number of aromatic nitrogens is 6. The Morgan fingerprint density at radius 2 is 1.76 bits per heavy atom. The molecule has 50 heavy (non-hydrogen) atoms. The van der Waals surface area contributed by atoms with E-state index in [1.807, 2.05) is 18.4 Å². The third-order valence-electron chi connectivity index (χ3n) is 7.60. The Kier molecular flexibility index (Phi) is 13.0. The number of carbonyl (C=O) groups is 4. The highest BCUT2D eigenvalue weighted by molar-refractivity contribution is 7.16. The van der Waals surface area contributed by atoms with E-state index in [-0.39, 0.29) is 11.5 Å². The molecule has 0 atom stereocenters. The van der Waals surface area contributed by atoms with E-state index >= 15 is 0 Å². The monoisotopic (exact) mass is 709 g/mol. The van der Waals surface area contributed by atoms with E-state index in [9.17, 15) is 19.2 Å². The molecule has 3 amide bonds. The first-order valence-corrected chi connectivity index (χ1v) is 17.7. The highest BCUT2D eigenvalue weighted by Crippen LogP contribution is 2.19. The van der Waals surface area contributed by atoms with Gasteiger partial charge in [0, 0.05) is 37.9 Å². The molecule has 0 fully saturated rings. The number of esters is 1. The molecule has 4 heterocycles. The zero-order valence-electron chi connectivity index (χ0n) is 29.7. The Morgan fingerprint density at radius 1 is 1.00 bits per heavy atom. The maximum atomic E-state index is 13.8. The summed E-state index contributed by atoms with van der Waals surface area (Å²) in [5.41, 5.74) is 8.19. The van der Waals surface area contributed by atoms with Crippen molar-refractivity contribution in [2.45, 2.75) is 105 Å². The molecule has 0 saturated heterocycles. The Hall–Kier alpha value is -4.86. The molecular formula is C34H47N9O6S. The Balaban J connectivity index is 1.48. The fraction of sp³-hybridized carbons (Fsp3) is 0.529. The van der Waals surface area contributed by atoms with Crippen LogP contribution in [-0.4, -0.2) is 71.7 Å². The van der Waals surface area contributed by atoms with Crippen LogP contribution in [0.25, 0.3) is 10.3 Å². The number of nitrogens with one attached hydrogen (secondary N) is 1. The highest BCUT2D eigenvalue weighted by atomic mass is 32.1. The third-order valence-corrected chi connectivity index (χ3v) is 8.61. The molecule has 3 N–H and O–H groups in total. The van der Waals surface area contributed by atoms with Gasteiger partial charge in [0.1, 0.15) is 17.0 Å². The van der Waals surface area contributed by atoms with Crippen molar-refractivity contribution >= 4 is 45.6 Å². The predicted octanol–water partition coefficient (Wildman–Crippen LogP) is 4.55. The van der Waals surface area contributed by atoms with E-state index in [1.165, 1.54) is 17.5 Å². The van der Waals surface area contributed by atoms with E-state index in [2.05, 4.69) is 25.5 Å². The molecule has 0 bridgehead atoms. The zero-order valence-corrected chi connectivity index (χ0v) is 30.5. The number of unbranched alkanes of at least 4 members (excludes halogenated alkanes) is 3. The van der Waals surface area contributed by atoms with Gasteiger partial charge in [-0.1, -0.05) is 17.8 Å². The Morgan fingerprint density at radius 3 is 2.46 bits per heavy atom. The average molecular weight is 710 g/mol. The van der Waals surface area contributed by atoms with Crippen molar-refractivity contribution in [3.8, 4) is 0 Å². The molecule has 270 valence electrons. The number of primary amides is 1. The summed E-state index contributed by atoms with van der Waals surface area (Å²) in [5, 5.41) is 11.7. The maximum Gasteiger partial charge on any atom is 0.407 e. The first-order valence-electron chi connectivity index (χ1n) is 16.9. The summed E-state index contributed by atoms with van der Waals surface area (Å²) < 4.78 is 16.3. The highest BCUT2D eigenvalue weighted by Gasteiger charge is 2.20. The number of aryl methyl sites for hydroxylation is 5. The van der Waals surface area contributed by atoms with Crippen molar-refractivity contribution in [1.82, 2.24) is 34.4 Å². The van der Waals surface area contributed by atoms with Gasteiger partial charge in [0.05, 0.1) is 28.8 Å². The molecule has 16 heteroatoms. The van der Waals surface area contributed by atoms with Gasteiger partial charge >= 0.3 is 12.1 Å².